The zero-order valence-electron chi connectivity index (χ0n) is 11.8. The van der Waals surface area contributed by atoms with Gasteiger partial charge in [-0.3, -0.25) is 0 Å². The molecule has 0 aliphatic heterocycles. The van der Waals surface area contributed by atoms with E-state index in [1.807, 2.05) is 18.2 Å². The molecule has 1 unspecified atom stereocenters. The number of nitrogen functional groups attached to an aromatic ring is 1. The maximum Gasteiger partial charge on any atom is 0.108 e. The van der Waals surface area contributed by atoms with Gasteiger partial charge in [-0.2, -0.15) is 0 Å². The summed E-state index contributed by atoms with van der Waals surface area (Å²) in [5.74, 6) is 0.997. The van der Waals surface area contributed by atoms with Crippen molar-refractivity contribution in [2.45, 2.75) is 19.4 Å². The molecule has 0 spiro atoms. The average Bonchev–Trinajstić information content (AvgIpc) is 2.78. The lowest BCUT2D eigenvalue weighted by atomic mass is 10.3. The molecule has 0 saturated carbocycles. The maximum atomic E-state index is 5.76. The summed E-state index contributed by atoms with van der Waals surface area (Å²) in [6.07, 6.45) is 0.888. The van der Waals surface area contributed by atoms with Crippen LogP contribution in [0.3, 0.4) is 0 Å². The molecule has 1 aromatic carbocycles. The van der Waals surface area contributed by atoms with Gasteiger partial charge in [-0.25, -0.2) is 4.98 Å². The number of H-pyrrole nitrogens is 1. The van der Waals surface area contributed by atoms with E-state index < -0.39 is 0 Å². The van der Waals surface area contributed by atoms with Gasteiger partial charge in [-0.05, 0) is 32.2 Å². The first-order valence-corrected chi connectivity index (χ1v) is 6.53. The lowest BCUT2D eigenvalue weighted by Gasteiger charge is -2.23. The summed E-state index contributed by atoms with van der Waals surface area (Å²) in [5, 5.41) is 0. The lowest BCUT2D eigenvalue weighted by molar-refractivity contribution is 0.116. The first-order chi connectivity index (χ1) is 9.10. The van der Waals surface area contributed by atoms with Gasteiger partial charge >= 0.3 is 0 Å². The average molecular weight is 262 g/mol. The first kappa shape index (κ1) is 13.8. The third-order valence-electron chi connectivity index (χ3n) is 3.42. The molecule has 0 aliphatic carbocycles. The van der Waals surface area contributed by atoms with Crippen LogP contribution in [-0.4, -0.2) is 48.2 Å². The van der Waals surface area contributed by atoms with Crippen molar-refractivity contribution in [1.29, 1.82) is 0 Å². The van der Waals surface area contributed by atoms with Crippen molar-refractivity contribution < 1.29 is 4.74 Å². The summed E-state index contributed by atoms with van der Waals surface area (Å²) in [5.41, 5.74) is 8.49. The molecule has 1 aromatic heterocycles. The minimum absolute atomic E-state index is 0.407. The van der Waals surface area contributed by atoms with Crippen LogP contribution in [0.5, 0.6) is 0 Å². The predicted octanol–water partition coefficient (Wildman–Crippen LogP) is 1.65. The molecule has 19 heavy (non-hydrogen) atoms. The second-order valence-electron chi connectivity index (χ2n) is 5.00. The first-order valence-electron chi connectivity index (χ1n) is 6.53. The summed E-state index contributed by atoms with van der Waals surface area (Å²) >= 11 is 0. The fourth-order valence-corrected chi connectivity index (χ4v) is 2.07. The Morgan fingerprint density at radius 3 is 3.00 bits per heavy atom. The summed E-state index contributed by atoms with van der Waals surface area (Å²) in [4.78, 5) is 10.1. The molecule has 0 saturated heterocycles. The van der Waals surface area contributed by atoms with E-state index in [1.165, 1.54) is 0 Å². The van der Waals surface area contributed by atoms with Crippen LogP contribution in [-0.2, 0) is 11.2 Å². The topological polar surface area (TPSA) is 67.2 Å². The Balaban J connectivity index is 1.98. The fourth-order valence-electron chi connectivity index (χ4n) is 2.07. The van der Waals surface area contributed by atoms with Gasteiger partial charge in [0.05, 0.1) is 17.6 Å². The summed E-state index contributed by atoms with van der Waals surface area (Å²) in [6, 6.07) is 6.15. The monoisotopic (exact) mass is 262 g/mol. The quantitative estimate of drug-likeness (QED) is 0.777. The molecule has 0 amide bonds. The molecular formula is C14H22N4O. The third kappa shape index (κ3) is 3.45. The summed E-state index contributed by atoms with van der Waals surface area (Å²) in [7, 11) is 3.83. The zero-order chi connectivity index (χ0) is 13.8. The van der Waals surface area contributed by atoms with Crippen LogP contribution in [0.2, 0.25) is 0 Å². The summed E-state index contributed by atoms with van der Waals surface area (Å²) in [6.45, 7) is 3.84. The number of rotatable bonds is 6. The molecule has 5 nitrogen and oxygen atoms in total. The van der Waals surface area contributed by atoms with E-state index in [2.05, 4.69) is 28.8 Å². The van der Waals surface area contributed by atoms with Crippen molar-refractivity contribution in [3.63, 3.8) is 0 Å². The van der Waals surface area contributed by atoms with Gasteiger partial charge in [0.1, 0.15) is 5.82 Å². The van der Waals surface area contributed by atoms with Crippen molar-refractivity contribution in [2.75, 3.05) is 33.0 Å². The number of aromatic nitrogens is 2. The van der Waals surface area contributed by atoms with Crippen LogP contribution < -0.4 is 5.73 Å². The number of anilines is 1. The van der Waals surface area contributed by atoms with E-state index in [1.54, 1.807) is 7.11 Å². The Morgan fingerprint density at radius 1 is 1.47 bits per heavy atom. The molecule has 2 rings (SSSR count). The Kier molecular flexibility index (Phi) is 4.39. The van der Waals surface area contributed by atoms with Crippen LogP contribution in [0, 0.1) is 0 Å². The largest absolute Gasteiger partial charge is 0.399 e. The standard InChI is InChI=1S/C14H22N4O/c1-10(9-19-3)18(2)7-6-14-16-12-5-4-11(15)8-13(12)17-14/h4-5,8,10H,6-7,9,15H2,1-3H3,(H,16,17). The van der Waals surface area contributed by atoms with Gasteiger partial charge in [0, 0.05) is 31.8 Å². The molecule has 5 heteroatoms. The van der Waals surface area contributed by atoms with E-state index in [4.69, 9.17) is 10.5 Å². The van der Waals surface area contributed by atoms with E-state index in [0.717, 1.165) is 42.1 Å². The van der Waals surface area contributed by atoms with E-state index >= 15 is 0 Å². The molecule has 0 aliphatic rings. The van der Waals surface area contributed by atoms with Gasteiger partial charge in [0.2, 0.25) is 0 Å². The predicted molar refractivity (Wildman–Crippen MR) is 78.2 cm³/mol. The highest BCUT2D eigenvalue weighted by molar-refractivity contribution is 5.78. The molecule has 104 valence electrons. The molecule has 3 N–H and O–H groups in total. The zero-order valence-corrected chi connectivity index (χ0v) is 11.8. The molecule has 0 bridgehead atoms. The third-order valence-corrected chi connectivity index (χ3v) is 3.42. The van der Waals surface area contributed by atoms with E-state index in [9.17, 15) is 0 Å². The van der Waals surface area contributed by atoms with Crippen LogP contribution in [0.1, 0.15) is 12.7 Å². The SMILES string of the molecule is COCC(C)N(C)CCc1nc2ccc(N)cc2[nH]1. The van der Waals surface area contributed by atoms with Gasteiger partial charge in [-0.15, -0.1) is 0 Å². The highest BCUT2D eigenvalue weighted by Crippen LogP contribution is 2.15. The number of nitrogens with zero attached hydrogens (tertiary/aromatic N) is 2. The van der Waals surface area contributed by atoms with Gasteiger partial charge in [-0.1, -0.05) is 0 Å². The van der Waals surface area contributed by atoms with E-state index in [-0.39, 0.29) is 0 Å². The van der Waals surface area contributed by atoms with Crippen molar-refractivity contribution in [2.24, 2.45) is 0 Å². The highest BCUT2D eigenvalue weighted by Gasteiger charge is 2.10. The van der Waals surface area contributed by atoms with Crippen molar-refractivity contribution >= 4 is 16.7 Å². The summed E-state index contributed by atoms with van der Waals surface area (Å²) < 4.78 is 5.16. The van der Waals surface area contributed by atoms with Crippen LogP contribution >= 0.6 is 0 Å². The Bertz CT molecular complexity index is 537. The fraction of sp³-hybridized carbons (Fsp3) is 0.500. The smallest absolute Gasteiger partial charge is 0.108 e. The molecule has 2 aromatic rings. The van der Waals surface area contributed by atoms with Crippen LogP contribution in [0.25, 0.3) is 11.0 Å². The minimum Gasteiger partial charge on any atom is -0.399 e. The number of hydrogen-bond donors (Lipinski definition) is 2. The van der Waals surface area contributed by atoms with Crippen molar-refractivity contribution in [3.8, 4) is 0 Å². The van der Waals surface area contributed by atoms with Gasteiger partial charge < -0.3 is 20.4 Å². The number of nitrogens with two attached hydrogens (primary N) is 1. The molecule has 1 heterocycles. The number of nitrogens with one attached hydrogen (secondary N) is 1. The minimum atomic E-state index is 0.407. The van der Waals surface area contributed by atoms with Gasteiger partial charge in [0.25, 0.3) is 0 Å². The highest BCUT2D eigenvalue weighted by atomic mass is 16.5. The second kappa shape index (κ2) is 6.04. The van der Waals surface area contributed by atoms with Crippen LogP contribution in [0.4, 0.5) is 5.69 Å². The lowest BCUT2D eigenvalue weighted by Crippen LogP contribution is -2.34. The Hall–Kier alpha value is -1.59. The number of ether oxygens (including phenoxy) is 1. The Labute approximate surface area is 113 Å². The number of methoxy groups -OCH3 is 1. The Morgan fingerprint density at radius 2 is 2.26 bits per heavy atom. The van der Waals surface area contributed by atoms with Crippen molar-refractivity contribution in [1.82, 2.24) is 14.9 Å². The molecule has 1 atom stereocenters. The molecule has 0 fully saturated rings. The number of benzene rings is 1. The van der Waals surface area contributed by atoms with Crippen molar-refractivity contribution in [3.05, 3.63) is 24.0 Å². The number of hydrogen-bond acceptors (Lipinski definition) is 4. The number of imidazole rings is 1. The number of fused-ring (bicyclic) bond motifs is 1. The number of likely N-dealkylation sites (N-methyl/N-ethyl adjacent to an activating group) is 1. The van der Waals surface area contributed by atoms with E-state index in [0.29, 0.717) is 6.04 Å². The maximum absolute atomic E-state index is 5.76. The van der Waals surface area contributed by atoms with Gasteiger partial charge in [0.15, 0.2) is 0 Å². The number of aromatic amines is 1. The molecule has 0 radical (unpaired) electrons. The molecular weight excluding hydrogens is 240 g/mol. The normalized spacial score (nSPS) is 13.3. The second-order valence-corrected chi connectivity index (χ2v) is 5.00. The van der Waals surface area contributed by atoms with Crippen LogP contribution in [0.15, 0.2) is 18.2 Å².